The summed E-state index contributed by atoms with van der Waals surface area (Å²) in [6, 6.07) is 0. The van der Waals surface area contributed by atoms with Crippen LogP contribution >= 0.6 is 0 Å². The molecule has 4 nitrogen and oxygen atoms in total. The highest BCUT2D eigenvalue weighted by molar-refractivity contribution is 5.78. The number of aliphatic hydroxyl groups is 1. The van der Waals surface area contributed by atoms with Gasteiger partial charge in [-0.2, -0.15) is 0 Å². The lowest BCUT2D eigenvalue weighted by molar-refractivity contribution is -0.117. The van der Waals surface area contributed by atoms with Gasteiger partial charge in [-0.1, -0.05) is 0 Å². The molecule has 0 fully saturated rings. The first kappa shape index (κ1) is 4.96. The average Bonchev–Trinajstić information content (AvgIpc) is 1.77. The molecule has 1 N–H and O–H groups in total. The van der Waals surface area contributed by atoms with E-state index in [9.17, 15) is 4.79 Å². The Kier molecular flexibility index (Phi) is 1.07. The molecule has 0 aromatic rings. The van der Waals surface area contributed by atoms with Crippen LogP contribution in [0.5, 0.6) is 0 Å². The van der Waals surface area contributed by atoms with Crippen molar-refractivity contribution in [2.75, 3.05) is 0 Å². The van der Waals surface area contributed by atoms with Crippen molar-refractivity contribution in [1.82, 2.24) is 0 Å². The molecule has 8 heavy (non-hydrogen) atoms. The second kappa shape index (κ2) is 1.73. The molecule has 4 heteroatoms. The Labute approximate surface area is 45.5 Å². The van der Waals surface area contributed by atoms with E-state index < -0.39 is 0 Å². The van der Waals surface area contributed by atoms with Gasteiger partial charge in [0.25, 0.3) is 5.91 Å². The van der Waals surface area contributed by atoms with Crippen molar-refractivity contribution < 1.29 is 9.90 Å². The summed E-state index contributed by atoms with van der Waals surface area (Å²) in [6.07, 6.45) is 1.48. The molecule has 0 aromatic heterocycles. The van der Waals surface area contributed by atoms with Gasteiger partial charge >= 0.3 is 0 Å². The Hall–Kier alpha value is -1.19. The predicted molar refractivity (Wildman–Crippen MR) is 25.2 cm³/mol. The van der Waals surface area contributed by atoms with Gasteiger partial charge in [0, 0.05) is 0 Å². The number of hydrogen-bond acceptors (Lipinski definition) is 3. The van der Waals surface area contributed by atoms with Crippen LogP contribution < -0.4 is 0 Å². The molecule has 0 unspecified atom stereocenters. The zero-order chi connectivity index (χ0) is 5.98. The van der Waals surface area contributed by atoms with E-state index in [4.69, 9.17) is 5.11 Å². The van der Waals surface area contributed by atoms with E-state index in [1.54, 1.807) is 0 Å². The first-order valence-corrected chi connectivity index (χ1v) is 2.13. The highest BCUT2D eigenvalue weighted by Crippen LogP contribution is 2.02. The highest BCUT2D eigenvalue weighted by atomic mass is 16.3. The zero-order valence-corrected chi connectivity index (χ0v) is 4.03. The van der Waals surface area contributed by atoms with Crippen LogP contribution in [-0.4, -0.2) is 11.0 Å². The summed E-state index contributed by atoms with van der Waals surface area (Å²) in [5.74, 6) is -0.493. The Bertz CT molecular complexity index is 168. The molecular weight excluding hydrogens is 108 g/mol. The van der Waals surface area contributed by atoms with Crippen LogP contribution in [0.4, 0.5) is 0 Å². The maximum atomic E-state index is 10.2. The molecule has 0 bridgehead atoms. The molecule has 1 amide bonds. The highest BCUT2D eigenvalue weighted by Gasteiger charge is 2.02. The predicted octanol–water partition coefficient (Wildman–Crippen LogP) is 0.768. The van der Waals surface area contributed by atoms with Gasteiger partial charge in [0.15, 0.2) is 0 Å². The molecular formula is C4H4N2O2. The first-order valence-electron chi connectivity index (χ1n) is 2.13. The van der Waals surface area contributed by atoms with Gasteiger partial charge in [0.1, 0.15) is 0 Å². The molecule has 1 aliphatic heterocycles. The Morgan fingerprint density at radius 1 is 1.62 bits per heavy atom. The number of hydrogen-bond donors (Lipinski definition) is 1. The quantitative estimate of drug-likeness (QED) is 0.503. The van der Waals surface area contributed by atoms with Crippen LogP contribution in [0.2, 0.25) is 0 Å². The van der Waals surface area contributed by atoms with Crippen LogP contribution in [-0.2, 0) is 4.79 Å². The summed E-state index contributed by atoms with van der Waals surface area (Å²) < 4.78 is 0. The van der Waals surface area contributed by atoms with Gasteiger partial charge < -0.3 is 5.11 Å². The summed E-state index contributed by atoms with van der Waals surface area (Å²) in [6.45, 7) is 0. The van der Waals surface area contributed by atoms with Gasteiger partial charge in [0.2, 0.25) is 5.88 Å². The van der Waals surface area contributed by atoms with Crippen LogP contribution in [0.25, 0.3) is 0 Å². The summed E-state index contributed by atoms with van der Waals surface area (Å²) in [5, 5.41) is 14.7. The average molecular weight is 112 g/mol. The Morgan fingerprint density at radius 2 is 2.38 bits per heavy atom. The lowest BCUT2D eigenvalue weighted by Gasteiger charge is -1.93. The van der Waals surface area contributed by atoms with Crippen molar-refractivity contribution in [2.45, 2.75) is 6.42 Å². The third-order valence-electron chi connectivity index (χ3n) is 0.723. The van der Waals surface area contributed by atoms with Gasteiger partial charge in [-0.3, -0.25) is 4.79 Å². The molecule has 0 saturated heterocycles. The molecule has 0 aliphatic carbocycles. The number of aliphatic hydroxyl groups excluding tert-OH is 1. The molecule has 0 atom stereocenters. The monoisotopic (exact) mass is 112 g/mol. The molecule has 1 heterocycles. The molecule has 42 valence electrons. The lowest BCUT2D eigenvalue weighted by atomic mass is 10.4. The SMILES string of the molecule is O=C1CC=C(O)N=N1. The minimum atomic E-state index is -0.317. The van der Waals surface area contributed by atoms with Crippen molar-refractivity contribution in [3.63, 3.8) is 0 Å². The zero-order valence-electron chi connectivity index (χ0n) is 4.03. The number of rotatable bonds is 0. The minimum absolute atomic E-state index is 0.162. The molecule has 0 aromatic carbocycles. The number of amides is 1. The maximum Gasteiger partial charge on any atom is 0.268 e. The second-order valence-corrected chi connectivity index (χ2v) is 1.36. The van der Waals surface area contributed by atoms with Crippen LogP contribution in [0.15, 0.2) is 22.2 Å². The topological polar surface area (TPSA) is 62.0 Å². The van der Waals surface area contributed by atoms with E-state index in [0.717, 1.165) is 0 Å². The molecule has 0 spiro atoms. The van der Waals surface area contributed by atoms with Crippen LogP contribution in [0.3, 0.4) is 0 Å². The van der Waals surface area contributed by atoms with Crippen molar-refractivity contribution in [2.24, 2.45) is 10.2 Å². The van der Waals surface area contributed by atoms with E-state index in [1.807, 2.05) is 0 Å². The number of azo groups is 1. The van der Waals surface area contributed by atoms with E-state index in [1.165, 1.54) is 6.08 Å². The summed E-state index contributed by atoms with van der Waals surface area (Å²) >= 11 is 0. The van der Waals surface area contributed by atoms with Crippen molar-refractivity contribution in [1.29, 1.82) is 0 Å². The van der Waals surface area contributed by atoms with Crippen molar-refractivity contribution in [3.05, 3.63) is 12.0 Å². The van der Waals surface area contributed by atoms with Crippen LogP contribution in [0.1, 0.15) is 6.42 Å². The number of carbonyl (C=O) groups is 1. The fourth-order valence-electron chi connectivity index (χ4n) is 0.367. The second-order valence-electron chi connectivity index (χ2n) is 1.36. The van der Waals surface area contributed by atoms with Gasteiger partial charge in [-0.15, -0.1) is 10.2 Å². The van der Waals surface area contributed by atoms with E-state index in [-0.39, 0.29) is 18.2 Å². The van der Waals surface area contributed by atoms with Gasteiger partial charge in [-0.25, -0.2) is 0 Å². The normalized spacial score (nSPS) is 18.5. The Balaban J connectivity index is 2.71. The molecule has 0 saturated carbocycles. The first-order chi connectivity index (χ1) is 3.79. The van der Waals surface area contributed by atoms with Crippen molar-refractivity contribution in [3.8, 4) is 0 Å². The fourth-order valence-corrected chi connectivity index (χ4v) is 0.367. The van der Waals surface area contributed by atoms with Gasteiger partial charge in [-0.05, 0) is 6.08 Å². The number of nitrogens with zero attached hydrogens (tertiary/aromatic N) is 2. The third-order valence-corrected chi connectivity index (χ3v) is 0.723. The minimum Gasteiger partial charge on any atom is -0.492 e. The van der Waals surface area contributed by atoms with Crippen molar-refractivity contribution >= 4 is 5.91 Å². The Morgan fingerprint density at radius 3 is 2.75 bits per heavy atom. The lowest BCUT2D eigenvalue weighted by Crippen LogP contribution is -1.94. The van der Waals surface area contributed by atoms with E-state index >= 15 is 0 Å². The van der Waals surface area contributed by atoms with E-state index in [2.05, 4.69) is 10.2 Å². The number of carbonyl (C=O) groups excluding carboxylic acids is 1. The molecule has 1 aliphatic rings. The fraction of sp³-hybridized carbons (Fsp3) is 0.250. The van der Waals surface area contributed by atoms with Crippen LogP contribution in [0, 0.1) is 0 Å². The largest absolute Gasteiger partial charge is 0.492 e. The van der Waals surface area contributed by atoms with Gasteiger partial charge in [0.05, 0.1) is 6.42 Å². The summed E-state index contributed by atoms with van der Waals surface area (Å²) in [5.41, 5.74) is 0. The standard InChI is InChI=1S/C4H4N2O2/c7-3-1-2-4(8)6-5-3/h1,7H,2H2. The summed E-state index contributed by atoms with van der Waals surface area (Å²) in [7, 11) is 0. The molecule has 1 rings (SSSR count). The third kappa shape index (κ3) is 0.900. The van der Waals surface area contributed by atoms with E-state index in [0.29, 0.717) is 0 Å². The maximum absolute atomic E-state index is 10.2. The molecule has 0 radical (unpaired) electrons. The summed E-state index contributed by atoms with van der Waals surface area (Å²) in [4.78, 5) is 10.2. The smallest absolute Gasteiger partial charge is 0.268 e.